The summed E-state index contributed by atoms with van der Waals surface area (Å²) in [6, 6.07) is 3.43. The SMILES string of the molecule is [O-][n+]1cccc2nccn21. The lowest BCUT2D eigenvalue weighted by molar-refractivity contribution is -0.680. The number of rotatable bonds is 0. The maximum atomic E-state index is 10.9. The Hall–Kier alpha value is -1.58. The van der Waals surface area contributed by atoms with Crippen LogP contribution in [0.15, 0.2) is 30.7 Å². The molecule has 0 amide bonds. The summed E-state index contributed by atoms with van der Waals surface area (Å²) in [5.41, 5.74) is 0.664. The summed E-state index contributed by atoms with van der Waals surface area (Å²) in [7, 11) is 0. The lowest BCUT2D eigenvalue weighted by Gasteiger charge is -1.95. The van der Waals surface area contributed by atoms with Gasteiger partial charge in [0.15, 0.2) is 5.65 Å². The first-order chi connectivity index (χ1) is 4.88. The summed E-state index contributed by atoms with van der Waals surface area (Å²) in [6.07, 6.45) is 4.63. The largest absolute Gasteiger partial charge is 0.596 e. The number of nitrogens with zero attached hydrogens (tertiary/aromatic N) is 3. The predicted octanol–water partition coefficient (Wildman–Crippen LogP) is -0.0323. The zero-order valence-electron chi connectivity index (χ0n) is 5.14. The Labute approximate surface area is 56.9 Å². The summed E-state index contributed by atoms with van der Waals surface area (Å²) < 4.78 is 1.42. The van der Waals surface area contributed by atoms with Gasteiger partial charge in [0.2, 0.25) is 6.20 Å². The Balaban J connectivity index is 2.95. The highest BCUT2D eigenvalue weighted by molar-refractivity contribution is 5.33. The van der Waals surface area contributed by atoms with Crippen molar-refractivity contribution in [2.45, 2.75) is 0 Å². The minimum Gasteiger partial charge on any atom is -0.596 e. The standard InChI is InChI=1S/C6H5N3O/c10-9-4-1-2-6-7-3-5-8(6)9/h1-5H. The lowest BCUT2D eigenvalue weighted by Crippen LogP contribution is -2.34. The fourth-order valence-electron chi connectivity index (χ4n) is 0.869. The third-order valence-corrected chi connectivity index (χ3v) is 1.32. The Morgan fingerprint density at radius 2 is 2.50 bits per heavy atom. The molecule has 0 aliphatic carbocycles. The molecule has 10 heavy (non-hydrogen) atoms. The minimum atomic E-state index is 0.664. The van der Waals surface area contributed by atoms with E-state index in [1.54, 1.807) is 24.5 Å². The van der Waals surface area contributed by atoms with Gasteiger partial charge < -0.3 is 5.21 Å². The fraction of sp³-hybridized carbons (Fsp3) is 0. The molecule has 0 N–H and O–H groups in total. The van der Waals surface area contributed by atoms with Crippen molar-refractivity contribution in [3.05, 3.63) is 35.9 Å². The maximum absolute atomic E-state index is 10.9. The first-order valence-electron chi connectivity index (χ1n) is 2.89. The van der Waals surface area contributed by atoms with Crippen molar-refractivity contribution in [2.24, 2.45) is 0 Å². The van der Waals surface area contributed by atoms with Crippen LogP contribution in [0, 0.1) is 5.21 Å². The smallest absolute Gasteiger partial charge is 0.208 e. The summed E-state index contributed by atoms with van der Waals surface area (Å²) in [6.45, 7) is 0. The van der Waals surface area contributed by atoms with E-state index in [0.717, 1.165) is 4.85 Å². The van der Waals surface area contributed by atoms with Gasteiger partial charge in [-0.25, -0.2) is 4.98 Å². The molecule has 0 radical (unpaired) electrons. The lowest BCUT2D eigenvalue weighted by atomic mass is 10.6. The van der Waals surface area contributed by atoms with Gasteiger partial charge in [-0.2, -0.15) is 0 Å². The van der Waals surface area contributed by atoms with Gasteiger partial charge >= 0.3 is 0 Å². The van der Waals surface area contributed by atoms with Gasteiger partial charge in [-0.05, 0) is 6.07 Å². The molecule has 2 aromatic rings. The summed E-state index contributed by atoms with van der Waals surface area (Å²) in [5.74, 6) is 0. The quantitative estimate of drug-likeness (QED) is 0.376. The van der Waals surface area contributed by atoms with Gasteiger partial charge in [0.05, 0.1) is 12.4 Å². The number of hydrogen-bond acceptors (Lipinski definition) is 2. The topological polar surface area (TPSA) is 44.2 Å². The molecule has 0 aliphatic rings. The number of imidazole rings is 1. The van der Waals surface area contributed by atoms with Crippen LogP contribution in [0.25, 0.3) is 5.65 Å². The van der Waals surface area contributed by atoms with Gasteiger partial charge in [-0.1, -0.05) is 9.36 Å². The Bertz CT molecular complexity index is 355. The number of hydrogen-bond donors (Lipinski definition) is 0. The van der Waals surface area contributed by atoms with Gasteiger partial charge in [0.25, 0.3) is 0 Å². The highest BCUT2D eigenvalue weighted by Crippen LogP contribution is 1.92. The molecule has 50 valence electrons. The number of aromatic nitrogens is 3. The molecule has 0 atom stereocenters. The van der Waals surface area contributed by atoms with Crippen molar-refractivity contribution >= 4 is 5.65 Å². The van der Waals surface area contributed by atoms with Gasteiger partial charge in [-0.15, -0.1) is 0 Å². The average molecular weight is 135 g/mol. The van der Waals surface area contributed by atoms with E-state index >= 15 is 0 Å². The van der Waals surface area contributed by atoms with E-state index in [9.17, 15) is 5.21 Å². The van der Waals surface area contributed by atoms with Crippen LogP contribution in [-0.2, 0) is 0 Å². The van der Waals surface area contributed by atoms with E-state index in [1.165, 1.54) is 10.7 Å². The van der Waals surface area contributed by atoms with Crippen molar-refractivity contribution in [1.82, 2.24) is 9.50 Å². The molecule has 0 spiro atoms. The number of fused-ring (bicyclic) bond motifs is 1. The summed E-state index contributed by atoms with van der Waals surface area (Å²) in [4.78, 5) is 4.65. The Morgan fingerprint density at radius 1 is 1.60 bits per heavy atom. The van der Waals surface area contributed by atoms with Crippen molar-refractivity contribution in [1.29, 1.82) is 0 Å². The van der Waals surface area contributed by atoms with E-state index in [0.29, 0.717) is 5.65 Å². The molecular formula is C6H5N3O. The molecule has 0 saturated carbocycles. The molecule has 0 aromatic carbocycles. The fourth-order valence-corrected chi connectivity index (χ4v) is 0.869. The van der Waals surface area contributed by atoms with Gasteiger partial charge in [-0.3, -0.25) is 0 Å². The van der Waals surface area contributed by atoms with E-state index < -0.39 is 0 Å². The van der Waals surface area contributed by atoms with Gasteiger partial charge in [0, 0.05) is 6.07 Å². The molecule has 2 aromatic heterocycles. The van der Waals surface area contributed by atoms with Gasteiger partial charge in [0.1, 0.15) is 0 Å². The summed E-state index contributed by atoms with van der Waals surface area (Å²) >= 11 is 0. The van der Waals surface area contributed by atoms with Crippen molar-refractivity contribution in [3.8, 4) is 0 Å². The van der Waals surface area contributed by atoms with Crippen LogP contribution in [0.4, 0.5) is 0 Å². The molecule has 0 unspecified atom stereocenters. The van der Waals surface area contributed by atoms with Crippen LogP contribution >= 0.6 is 0 Å². The summed E-state index contributed by atoms with van der Waals surface area (Å²) in [5, 5.41) is 10.9. The second-order valence-corrected chi connectivity index (χ2v) is 1.94. The highest BCUT2D eigenvalue weighted by atomic mass is 16.5. The van der Waals surface area contributed by atoms with Crippen LogP contribution in [0.1, 0.15) is 0 Å². The minimum absolute atomic E-state index is 0.664. The normalized spacial score (nSPS) is 10.4. The molecule has 0 bridgehead atoms. The van der Waals surface area contributed by atoms with E-state index in [4.69, 9.17) is 0 Å². The van der Waals surface area contributed by atoms with E-state index in [-0.39, 0.29) is 0 Å². The molecule has 2 heterocycles. The van der Waals surface area contributed by atoms with Crippen molar-refractivity contribution in [2.75, 3.05) is 0 Å². The first kappa shape index (κ1) is 5.22. The van der Waals surface area contributed by atoms with Crippen LogP contribution in [-0.4, -0.2) is 9.50 Å². The maximum Gasteiger partial charge on any atom is 0.208 e. The molecule has 4 nitrogen and oxygen atoms in total. The third kappa shape index (κ3) is 0.556. The van der Waals surface area contributed by atoms with Crippen LogP contribution < -0.4 is 4.85 Å². The predicted molar refractivity (Wildman–Crippen MR) is 34.2 cm³/mol. The van der Waals surface area contributed by atoms with Crippen LogP contribution in [0.2, 0.25) is 0 Å². The molecular weight excluding hydrogens is 130 g/mol. The zero-order chi connectivity index (χ0) is 6.97. The highest BCUT2D eigenvalue weighted by Gasteiger charge is 1.96. The second-order valence-electron chi connectivity index (χ2n) is 1.94. The molecule has 0 fully saturated rings. The van der Waals surface area contributed by atoms with Crippen LogP contribution in [0.3, 0.4) is 0 Å². The van der Waals surface area contributed by atoms with Crippen molar-refractivity contribution in [3.63, 3.8) is 0 Å². The molecule has 0 saturated heterocycles. The van der Waals surface area contributed by atoms with E-state index in [2.05, 4.69) is 4.98 Å². The zero-order valence-corrected chi connectivity index (χ0v) is 5.14. The molecule has 4 heteroatoms. The Morgan fingerprint density at radius 3 is 3.30 bits per heavy atom. The monoisotopic (exact) mass is 135 g/mol. The second kappa shape index (κ2) is 1.70. The average Bonchev–Trinajstić information content (AvgIpc) is 2.36. The molecule has 0 aliphatic heterocycles. The third-order valence-electron chi connectivity index (χ3n) is 1.32. The van der Waals surface area contributed by atoms with E-state index in [1.807, 2.05) is 0 Å². The van der Waals surface area contributed by atoms with Crippen molar-refractivity contribution < 1.29 is 4.85 Å². The Kier molecular flexibility index (Phi) is 0.887. The van der Waals surface area contributed by atoms with Crippen LogP contribution in [0.5, 0.6) is 0 Å². The molecule has 2 rings (SSSR count). The first-order valence-corrected chi connectivity index (χ1v) is 2.89.